The molecule has 0 saturated heterocycles. The molecular formula is C19H24N2O. The van der Waals surface area contributed by atoms with Crippen LogP contribution in [-0.2, 0) is 16.8 Å². The number of hydrogen-bond acceptors (Lipinski definition) is 2. The average molecular weight is 296 g/mol. The highest BCUT2D eigenvalue weighted by molar-refractivity contribution is 5.82. The number of amides is 1. The first-order valence-corrected chi connectivity index (χ1v) is 7.64. The van der Waals surface area contributed by atoms with E-state index in [0.29, 0.717) is 0 Å². The van der Waals surface area contributed by atoms with Crippen molar-refractivity contribution in [3.63, 3.8) is 0 Å². The van der Waals surface area contributed by atoms with E-state index >= 15 is 0 Å². The highest BCUT2D eigenvalue weighted by atomic mass is 16.2. The van der Waals surface area contributed by atoms with Crippen LogP contribution in [0.1, 0.15) is 25.0 Å². The van der Waals surface area contributed by atoms with Gasteiger partial charge < -0.3 is 10.6 Å². The topological polar surface area (TPSA) is 41.1 Å². The largest absolute Gasteiger partial charge is 0.345 e. The van der Waals surface area contributed by atoms with Gasteiger partial charge in [-0.05, 0) is 38.4 Å². The van der Waals surface area contributed by atoms with E-state index in [1.54, 1.807) is 7.05 Å². The summed E-state index contributed by atoms with van der Waals surface area (Å²) in [6.07, 6.45) is 0.750. The second-order valence-electron chi connectivity index (χ2n) is 5.86. The lowest BCUT2D eigenvalue weighted by Crippen LogP contribution is -2.51. The van der Waals surface area contributed by atoms with Gasteiger partial charge >= 0.3 is 0 Å². The maximum absolute atomic E-state index is 12.4. The Labute approximate surface area is 132 Å². The second-order valence-corrected chi connectivity index (χ2v) is 5.86. The van der Waals surface area contributed by atoms with E-state index < -0.39 is 5.54 Å². The molecule has 0 radical (unpaired) electrons. The molecule has 22 heavy (non-hydrogen) atoms. The Morgan fingerprint density at radius 1 is 1.05 bits per heavy atom. The molecule has 0 bridgehead atoms. The standard InChI is InChI=1S/C19H24N2O/c1-15(20-3)18(22)21-19(2,17-12-8-5-9-13-17)14-16-10-6-4-7-11-16/h4-13,15,20H,14H2,1-3H3,(H,21,22). The predicted molar refractivity (Wildman–Crippen MR) is 90.6 cm³/mol. The average Bonchev–Trinajstić information content (AvgIpc) is 2.55. The van der Waals surface area contributed by atoms with Crippen LogP contribution >= 0.6 is 0 Å². The molecule has 0 aliphatic carbocycles. The van der Waals surface area contributed by atoms with E-state index in [-0.39, 0.29) is 11.9 Å². The molecule has 0 aliphatic heterocycles. The van der Waals surface area contributed by atoms with Crippen molar-refractivity contribution in [1.82, 2.24) is 10.6 Å². The van der Waals surface area contributed by atoms with Crippen LogP contribution in [0.4, 0.5) is 0 Å². The number of hydrogen-bond donors (Lipinski definition) is 2. The summed E-state index contributed by atoms with van der Waals surface area (Å²) in [7, 11) is 1.79. The third kappa shape index (κ3) is 3.95. The lowest BCUT2D eigenvalue weighted by Gasteiger charge is -2.33. The smallest absolute Gasteiger partial charge is 0.237 e. The van der Waals surface area contributed by atoms with Gasteiger partial charge in [-0.3, -0.25) is 4.79 Å². The molecule has 2 N–H and O–H groups in total. The van der Waals surface area contributed by atoms with Gasteiger partial charge in [-0.2, -0.15) is 0 Å². The minimum Gasteiger partial charge on any atom is -0.345 e. The van der Waals surface area contributed by atoms with Crippen molar-refractivity contribution < 1.29 is 4.79 Å². The van der Waals surface area contributed by atoms with Gasteiger partial charge in [0.1, 0.15) is 0 Å². The summed E-state index contributed by atoms with van der Waals surface area (Å²) in [6.45, 7) is 3.94. The third-order valence-corrected chi connectivity index (χ3v) is 4.04. The number of benzene rings is 2. The number of likely N-dealkylation sites (N-methyl/N-ethyl adjacent to an activating group) is 1. The van der Waals surface area contributed by atoms with Gasteiger partial charge in [0.25, 0.3) is 0 Å². The van der Waals surface area contributed by atoms with Crippen molar-refractivity contribution in [2.75, 3.05) is 7.05 Å². The quantitative estimate of drug-likeness (QED) is 0.860. The zero-order valence-corrected chi connectivity index (χ0v) is 13.5. The fourth-order valence-electron chi connectivity index (χ4n) is 2.54. The van der Waals surface area contributed by atoms with Crippen LogP contribution in [0, 0.1) is 0 Å². The summed E-state index contributed by atoms with van der Waals surface area (Å²) < 4.78 is 0. The molecule has 2 aromatic carbocycles. The summed E-state index contributed by atoms with van der Waals surface area (Å²) in [5.74, 6) is 0.00443. The molecule has 0 aliphatic rings. The van der Waals surface area contributed by atoms with E-state index in [0.717, 1.165) is 12.0 Å². The molecule has 1 amide bonds. The molecule has 3 heteroatoms. The Morgan fingerprint density at radius 2 is 1.59 bits per heavy atom. The molecule has 2 unspecified atom stereocenters. The Morgan fingerprint density at radius 3 is 2.14 bits per heavy atom. The van der Waals surface area contributed by atoms with Crippen LogP contribution in [0.5, 0.6) is 0 Å². The highest BCUT2D eigenvalue weighted by Crippen LogP contribution is 2.25. The number of carbonyl (C=O) groups is 1. The summed E-state index contributed by atoms with van der Waals surface area (Å²) >= 11 is 0. The Bertz CT molecular complexity index is 597. The van der Waals surface area contributed by atoms with Crippen molar-refractivity contribution >= 4 is 5.91 Å². The van der Waals surface area contributed by atoms with Crippen LogP contribution in [0.3, 0.4) is 0 Å². The van der Waals surface area contributed by atoms with Gasteiger partial charge in [-0.15, -0.1) is 0 Å². The van der Waals surface area contributed by atoms with Gasteiger partial charge in [0.2, 0.25) is 5.91 Å². The monoisotopic (exact) mass is 296 g/mol. The Kier molecular flexibility index (Phi) is 5.34. The summed E-state index contributed by atoms with van der Waals surface area (Å²) in [5, 5.41) is 6.20. The number of rotatable bonds is 6. The van der Waals surface area contributed by atoms with Gasteiger partial charge in [0, 0.05) is 0 Å². The van der Waals surface area contributed by atoms with Gasteiger partial charge in [0.05, 0.1) is 11.6 Å². The van der Waals surface area contributed by atoms with Crippen LogP contribution in [-0.4, -0.2) is 19.0 Å². The lowest BCUT2D eigenvalue weighted by molar-refractivity contribution is -0.124. The fourth-order valence-corrected chi connectivity index (χ4v) is 2.54. The first-order valence-electron chi connectivity index (χ1n) is 7.64. The fraction of sp³-hybridized carbons (Fsp3) is 0.316. The maximum Gasteiger partial charge on any atom is 0.237 e. The zero-order chi connectivity index (χ0) is 16.0. The Hall–Kier alpha value is -2.13. The molecule has 0 saturated carbocycles. The molecule has 0 fully saturated rings. The molecule has 0 aromatic heterocycles. The Balaban J connectivity index is 2.30. The van der Waals surface area contributed by atoms with Crippen molar-refractivity contribution in [1.29, 1.82) is 0 Å². The van der Waals surface area contributed by atoms with Crippen LogP contribution in [0.2, 0.25) is 0 Å². The number of carbonyl (C=O) groups excluding carboxylic acids is 1. The summed E-state index contributed by atoms with van der Waals surface area (Å²) in [5.41, 5.74) is 1.87. The van der Waals surface area contributed by atoms with E-state index in [1.165, 1.54) is 5.56 Å². The van der Waals surface area contributed by atoms with Crippen molar-refractivity contribution in [3.05, 3.63) is 71.8 Å². The molecule has 3 nitrogen and oxygen atoms in total. The van der Waals surface area contributed by atoms with E-state index in [9.17, 15) is 4.79 Å². The van der Waals surface area contributed by atoms with E-state index in [2.05, 4.69) is 41.8 Å². The summed E-state index contributed by atoms with van der Waals surface area (Å²) in [6, 6.07) is 20.1. The SMILES string of the molecule is CNC(C)C(=O)NC(C)(Cc1ccccc1)c1ccccc1. The molecule has 0 heterocycles. The summed E-state index contributed by atoms with van der Waals surface area (Å²) in [4.78, 5) is 12.4. The normalized spacial score (nSPS) is 14.9. The van der Waals surface area contributed by atoms with Gasteiger partial charge in [-0.25, -0.2) is 0 Å². The minimum absolute atomic E-state index is 0.00443. The maximum atomic E-state index is 12.4. The molecule has 2 atom stereocenters. The van der Waals surface area contributed by atoms with E-state index in [4.69, 9.17) is 0 Å². The van der Waals surface area contributed by atoms with E-state index in [1.807, 2.05) is 43.3 Å². The number of nitrogens with one attached hydrogen (secondary N) is 2. The molecule has 0 spiro atoms. The van der Waals surface area contributed by atoms with Crippen molar-refractivity contribution in [2.24, 2.45) is 0 Å². The molecular weight excluding hydrogens is 272 g/mol. The van der Waals surface area contributed by atoms with Crippen LogP contribution < -0.4 is 10.6 Å². The minimum atomic E-state index is -0.440. The van der Waals surface area contributed by atoms with Gasteiger partial charge in [-0.1, -0.05) is 60.7 Å². The van der Waals surface area contributed by atoms with Gasteiger partial charge in [0.15, 0.2) is 0 Å². The molecule has 2 rings (SSSR count). The van der Waals surface area contributed by atoms with Crippen LogP contribution in [0.25, 0.3) is 0 Å². The second kappa shape index (κ2) is 7.23. The van der Waals surface area contributed by atoms with Crippen LogP contribution in [0.15, 0.2) is 60.7 Å². The first-order chi connectivity index (χ1) is 10.5. The lowest BCUT2D eigenvalue weighted by atomic mass is 9.85. The van der Waals surface area contributed by atoms with Crippen molar-refractivity contribution in [2.45, 2.75) is 31.8 Å². The first kappa shape index (κ1) is 16.2. The van der Waals surface area contributed by atoms with Crippen molar-refractivity contribution in [3.8, 4) is 0 Å². The highest BCUT2D eigenvalue weighted by Gasteiger charge is 2.30. The predicted octanol–water partition coefficient (Wildman–Crippen LogP) is 2.87. The molecule has 2 aromatic rings. The third-order valence-electron chi connectivity index (χ3n) is 4.04. The molecule has 116 valence electrons. The zero-order valence-electron chi connectivity index (χ0n) is 13.5.